The van der Waals surface area contributed by atoms with Gasteiger partial charge in [0.25, 0.3) is 0 Å². The lowest BCUT2D eigenvalue weighted by Gasteiger charge is -2.59. The molecular weight excluding hydrogens is 492 g/mol. The van der Waals surface area contributed by atoms with E-state index in [0.717, 1.165) is 34.9 Å². The monoisotopic (exact) mass is 524 g/mol. The van der Waals surface area contributed by atoms with E-state index in [1.807, 2.05) is 42.5 Å². The number of hydrogen-bond acceptors (Lipinski definition) is 7. The number of aliphatic hydroxyl groups is 1. The van der Waals surface area contributed by atoms with Crippen molar-refractivity contribution in [2.45, 2.75) is 70.1 Å². The van der Waals surface area contributed by atoms with Crippen LogP contribution in [0.1, 0.15) is 57.8 Å². The van der Waals surface area contributed by atoms with E-state index in [9.17, 15) is 20.0 Å². The zero-order chi connectivity index (χ0) is 27.2. The number of ether oxygens (including phenoxy) is 2. The first-order valence-corrected chi connectivity index (χ1v) is 13.9. The van der Waals surface area contributed by atoms with Gasteiger partial charge < -0.3 is 14.6 Å². The summed E-state index contributed by atoms with van der Waals surface area (Å²) < 4.78 is 13.3. The number of ketones is 2. The summed E-state index contributed by atoms with van der Waals surface area (Å²) in [6.07, 6.45) is 7.40. The topological polar surface area (TPSA) is 110 Å². The third-order valence-electron chi connectivity index (χ3n) is 10.8. The average molecular weight is 525 g/mol. The van der Waals surface area contributed by atoms with Gasteiger partial charge >= 0.3 is 0 Å². The predicted molar refractivity (Wildman–Crippen MR) is 142 cm³/mol. The number of allylic oxidation sites excluding steroid dienone is 4. The molecule has 3 saturated carbocycles. The molecule has 2 heterocycles. The second-order valence-corrected chi connectivity index (χ2v) is 12.5. The molecule has 1 saturated heterocycles. The number of hydrogen-bond donors (Lipinski definition) is 1. The Labute approximate surface area is 227 Å². The first-order chi connectivity index (χ1) is 18.7. The molecule has 7 heteroatoms. The molecule has 0 radical (unpaired) electrons. The molecule has 1 aliphatic heterocycles. The highest BCUT2D eigenvalue weighted by molar-refractivity contribution is 6.01. The summed E-state index contributed by atoms with van der Waals surface area (Å²) in [7, 11) is 0. The summed E-state index contributed by atoms with van der Waals surface area (Å²) in [6.45, 7) is 4.19. The predicted octanol–water partition coefficient (Wildman–Crippen LogP) is 4.76. The van der Waals surface area contributed by atoms with E-state index in [1.54, 1.807) is 18.3 Å². The first kappa shape index (κ1) is 24.8. The van der Waals surface area contributed by atoms with Crippen molar-refractivity contribution in [3.05, 3.63) is 65.9 Å². The van der Waals surface area contributed by atoms with Crippen molar-refractivity contribution in [2.24, 2.45) is 28.6 Å². The van der Waals surface area contributed by atoms with Gasteiger partial charge in [-0.1, -0.05) is 43.7 Å². The van der Waals surface area contributed by atoms with Crippen molar-refractivity contribution in [1.29, 1.82) is 5.26 Å². The number of carbonyl (C=O) groups is 2. The lowest BCUT2D eigenvalue weighted by atomic mass is 9.46. The fourth-order valence-electron chi connectivity index (χ4n) is 9.14. The van der Waals surface area contributed by atoms with Crippen LogP contribution in [0, 0.1) is 39.9 Å². The molecule has 1 unspecified atom stereocenters. The van der Waals surface area contributed by atoms with E-state index in [2.05, 4.69) is 18.8 Å². The van der Waals surface area contributed by atoms with Gasteiger partial charge in [0, 0.05) is 33.9 Å². The van der Waals surface area contributed by atoms with Crippen LogP contribution in [0.4, 0.5) is 0 Å². The summed E-state index contributed by atoms with van der Waals surface area (Å²) in [4.78, 5) is 30.6. The van der Waals surface area contributed by atoms with Gasteiger partial charge in [-0.15, -0.1) is 0 Å². The average Bonchev–Trinajstić information content (AvgIpc) is 3.42. The van der Waals surface area contributed by atoms with Crippen molar-refractivity contribution in [2.75, 3.05) is 0 Å². The normalized spacial score (nSPS) is 42.2. The SMILES string of the molecule is C[C@]12C=CC(=O)C=C1CC[C@@H]1[C@@H]2[C@@H](O)C[C@@]2(C)[C@H]1C[C@H]1OC(c3cnc4ccccc4c3)O[C@]12C(=O)CC#N. The molecular formula is C32H32N2O5. The van der Waals surface area contributed by atoms with E-state index >= 15 is 0 Å². The van der Waals surface area contributed by atoms with Crippen LogP contribution in [-0.2, 0) is 19.1 Å². The number of rotatable bonds is 3. The van der Waals surface area contributed by atoms with Crippen LogP contribution in [-0.4, -0.2) is 39.5 Å². The Morgan fingerprint density at radius 1 is 1.28 bits per heavy atom. The number of Topliss-reactive ketones (excluding diaryl/α,β-unsaturated/α-hetero) is 1. The molecule has 5 aliphatic rings. The van der Waals surface area contributed by atoms with E-state index in [0.29, 0.717) is 12.8 Å². The van der Waals surface area contributed by atoms with Crippen LogP contribution in [0.2, 0.25) is 0 Å². The maximum Gasteiger partial charge on any atom is 0.187 e. The lowest BCUT2D eigenvalue weighted by Crippen LogP contribution is -2.63. The molecule has 1 N–H and O–H groups in total. The number of para-hydroxylation sites is 1. The van der Waals surface area contributed by atoms with Gasteiger partial charge in [0.05, 0.1) is 30.2 Å². The summed E-state index contributed by atoms with van der Waals surface area (Å²) in [5.41, 5.74) is 0.241. The van der Waals surface area contributed by atoms with Gasteiger partial charge in [-0.25, -0.2) is 0 Å². The Morgan fingerprint density at radius 2 is 2.10 bits per heavy atom. The fourth-order valence-corrected chi connectivity index (χ4v) is 9.14. The fraction of sp³-hybridized carbons (Fsp3) is 0.500. The van der Waals surface area contributed by atoms with Gasteiger partial charge in [-0.3, -0.25) is 14.6 Å². The van der Waals surface area contributed by atoms with E-state index < -0.39 is 34.9 Å². The largest absolute Gasteiger partial charge is 0.393 e. The zero-order valence-corrected chi connectivity index (χ0v) is 22.2. The minimum absolute atomic E-state index is 0.00327. The molecule has 7 rings (SSSR count). The van der Waals surface area contributed by atoms with Crippen LogP contribution in [0.5, 0.6) is 0 Å². The third-order valence-corrected chi connectivity index (χ3v) is 10.8. The molecule has 0 amide bonds. The standard InChI is InChI=1S/C32H32N2O5/c1-30-11-9-21(35)14-20(30)7-8-22-23-15-27-32(26(37)10-12-33,31(23,2)16-25(36)28(22)30)39-29(38-27)19-13-18-5-3-4-6-24(18)34-17-19/h3-6,9,11,13-14,17,22-23,25,27-29,36H,7-8,10,15-16H2,1-2H3/t22-,23-,25-,27+,28+,29?,30-,31-,32+/m0/s1. The molecule has 1 aromatic heterocycles. The van der Waals surface area contributed by atoms with E-state index in [4.69, 9.17) is 9.47 Å². The van der Waals surface area contributed by atoms with Crippen LogP contribution < -0.4 is 0 Å². The molecule has 1 aromatic carbocycles. The molecule has 4 fully saturated rings. The smallest absolute Gasteiger partial charge is 0.187 e. The maximum atomic E-state index is 13.9. The Bertz CT molecular complexity index is 1510. The van der Waals surface area contributed by atoms with Crippen LogP contribution in [0.15, 0.2) is 60.3 Å². The van der Waals surface area contributed by atoms with Crippen LogP contribution in [0.25, 0.3) is 10.9 Å². The molecule has 39 heavy (non-hydrogen) atoms. The van der Waals surface area contributed by atoms with Crippen molar-refractivity contribution in [1.82, 2.24) is 4.98 Å². The number of fused-ring (bicyclic) bond motifs is 8. The second-order valence-electron chi connectivity index (χ2n) is 12.5. The molecule has 9 atom stereocenters. The van der Waals surface area contributed by atoms with Gasteiger partial charge in [0.2, 0.25) is 0 Å². The first-order valence-electron chi connectivity index (χ1n) is 13.9. The Morgan fingerprint density at radius 3 is 2.92 bits per heavy atom. The molecule has 4 aliphatic carbocycles. The number of aromatic nitrogens is 1. The minimum Gasteiger partial charge on any atom is -0.393 e. The summed E-state index contributed by atoms with van der Waals surface area (Å²) in [6, 6.07) is 11.8. The highest BCUT2D eigenvalue weighted by atomic mass is 16.7. The Kier molecular flexibility index (Phi) is 5.35. The van der Waals surface area contributed by atoms with Crippen LogP contribution in [0.3, 0.4) is 0 Å². The van der Waals surface area contributed by atoms with Crippen molar-refractivity contribution in [3.63, 3.8) is 0 Å². The van der Waals surface area contributed by atoms with Gasteiger partial charge in [-0.2, -0.15) is 5.26 Å². The molecule has 0 bridgehead atoms. The van der Waals surface area contributed by atoms with Crippen molar-refractivity contribution < 1.29 is 24.2 Å². The Hall–Kier alpha value is -3.18. The van der Waals surface area contributed by atoms with Crippen molar-refractivity contribution in [3.8, 4) is 6.07 Å². The zero-order valence-electron chi connectivity index (χ0n) is 22.2. The molecule has 2 aromatic rings. The quantitative estimate of drug-likeness (QED) is 0.617. The highest BCUT2D eigenvalue weighted by Gasteiger charge is 2.75. The summed E-state index contributed by atoms with van der Waals surface area (Å²) in [5.74, 6) is -0.138. The number of aliphatic hydroxyl groups excluding tert-OH is 1. The van der Waals surface area contributed by atoms with E-state index in [1.165, 1.54) is 0 Å². The van der Waals surface area contributed by atoms with Gasteiger partial charge in [-0.05, 0) is 61.8 Å². The van der Waals surface area contributed by atoms with Gasteiger partial charge in [0.1, 0.15) is 0 Å². The minimum atomic E-state index is -1.33. The number of nitrogens with zero attached hydrogens (tertiary/aromatic N) is 2. The molecule has 0 spiro atoms. The lowest BCUT2D eigenvalue weighted by molar-refractivity contribution is -0.199. The Balaban J connectivity index is 1.28. The van der Waals surface area contributed by atoms with Crippen molar-refractivity contribution >= 4 is 22.5 Å². The number of carbonyl (C=O) groups excluding carboxylic acids is 2. The highest BCUT2D eigenvalue weighted by Crippen LogP contribution is 2.70. The number of pyridine rings is 1. The number of nitriles is 1. The summed E-state index contributed by atoms with van der Waals surface area (Å²) >= 11 is 0. The second kappa shape index (κ2) is 8.41. The third kappa shape index (κ3) is 3.23. The van der Waals surface area contributed by atoms with Crippen LogP contribution >= 0.6 is 0 Å². The summed E-state index contributed by atoms with van der Waals surface area (Å²) in [5, 5.41) is 22.3. The molecule has 200 valence electrons. The maximum absolute atomic E-state index is 13.9. The van der Waals surface area contributed by atoms with E-state index in [-0.39, 0.29) is 35.7 Å². The molecule has 7 nitrogen and oxygen atoms in total. The van der Waals surface area contributed by atoms with Gasteiger partial charge in [0.15, 0.2) is 23.5 Å². The number of benzene rings is 1.